The summed E-state index contributed by atoms with van der Waals surface area (Å²) in [6, 6.07) is 8.22. The second-order valence-electron chi connectivity index (χ2n) is 7.04. The molecule has 0 aliphatic carbocycles. The van der Waals surface area contributed by atoms with Gasteiger partial charge in [-0.2, -0.15) is 5.10 Å². The molecule has 3 aromatic heterocycles. The molecule has 1 atom stereocenters. The molecule has 1 aliphatic rings. The molecule has 1 fully saturated rings. The van der Waals surface area contributed by atoms with Crippen LogP contribution in [-0.2, 0) is 17.9 Å². The van der Waals surface area contributed by atoms with Gasteiger partial charge in [0.25, 0.3) is 0 Å². The van der Waals surface area contributed by atoms with Crippen LogP contribution in [0.25, 0.3) is 11.0 Å². The molecule has 1 aliphatic heterocycles. The van der Waals surface area contributed by atoms with Crippen LogP contribution in [0.2, 0.25) is 0 Å². The van der Waals surface area contributed by atoms with E-state index in [0.717, 1.165) is 42.8 Å². The quantitative estimate of drug-likeness (QED) is 0.724. The van der Waals surface area contributed by atoms with Crippen molar-refractivity contribution in [1.29, 1.82) is 0 Å². The highest BCUT2D eigenvalue weighted by atomic mass is 16.1. The van der Waals surface area contributed by atoms with Gasteiger partial charge in [-0.1, -0.05) is 0 Å². The fourth-order valence-corrected chi connectivity index (χ4v) is 3.78. The number of likely N-dealkylation sites (tertiary alicyclic amines) is 1. The molecule has 27 heavy (non-hydrogen) atoms. The lowest BCUT2D eigenvalue weighted by Crippen LogP contribution is -2.25. The number of amides is 1. The third kappa shape index (κ3) is 3.98. The third-order valence-electron chi connectivity index (χ3n) is 5.05. The number of hydrogen-bond donors (Lipinski definition) is 1. The van der Waals surface area contributed by atoms with Crippen molar-refractivity contribution in [3.8, 4) is 0 Å². The van der Waals surface area contributed by atoms with Crippen molar-refractivity contribution < 1.29 is 4.79 Å². The Labute approximate surface area is 158 Å². The summed E-state index contributed by atoms with van der Waals surface area (Å²) in [6.07, 6.45) is 6.59. The molecule has 7 heteroatoms. The highest BCUT2D eigenvalue weighted by molar-refractivity contribution is 5.79. The fraction of sp³-hybridized carbons (Fsp3) is 0.400. The predicted octanol–water partition coefficient (Wildman–Crippen LogP) is 1.95. The van der Waals surface area contributed by atoms with Gasteiger partial charge in [-0.25, -0.2) is 9.67 Å². The van der Waals surface area contributed by atoms with E-state index in [2.05, 4.69) is 38.4 Å². The van der Waals surface area contributed by atoms with E-state index < -0.39 is 0 Å². The maximum absolute atomic E-state index is 11.1. The molecule has 0 bridgehead atoms. The van der Waals surface area contributed by atoms with Gasteiger partial charge in [0, 0.05) is 56.5 Å². The molecular weight excluding hydrogens is 340 g/mol. The van der Waals surface area contributed by atoms with Crippen LogP contribution in [0.15, 0.2) is 42.9 Å². The second-order valence-corrected chi connectivity index (χ2v) is 7.04. The Balaban J connectivity index is 1.51. The number of hydrogen-bond acceptors (Lipinski definition) is 5. The summed E-state index contributed by atoms with van der Waals surface area (Å²) in [7, 11) is 0. The molecule has 3 aromatic rings. The van der Waals surface area contributed by atoms with Gasteiger partial charge >= 0.3 is 0 Å². The minimum absolute atomic E-state index is 0.0257. The Kier molecular flexibility index (Phi) is 5.11. The molecule has 4 rings (SSSR count). The lowest BCUT2D eigenvalue weighted by atomic mass is 10.0. The van der Waals surface area contributed by atoms with Gasteiger partial charge < -0.3 is 5.32 Å². The minimum Gasteiger partial charge on any atom is -0.354 e. The lowest BCUT2D eigenvalue weighted by Gasteiger charge is -2.15. The largest absolute Gasteiger partial charge is 0.354 e. The van der Waals surface area contributed by atoms with Crippen LogP contribution in [0, 0.1) is 0 Å². The zero-order chi connectivity index (χ0) is 18.6. The van der Waals surface area contributed by atoms with E-state index in [1.54, 1.807) is 6.20 Å². The molecule has 0 radical (unpaired) electrons. The van der Waals surface area contributed by atoms with Crippen molar-refractivity contribution in [2.24, 2.45) is 0 Å². The van der Waals surface area contributed by atoms with Crippen LogP contribution in [0.4, 0.5) is 0 Å². The van der Waals surface area contributed by atoms with E-state index in [4.69, 9.17) is 5.10 Å². The summed E-state index contributed by atoms with van der Waals surface area (Å²) in [4.78, 5) is 22.2. The van der Waals surface area contributed by atoms with Gasteiger partial charge in [-0.15, -0.1) is 0 Å². The summed E-state index contributed by atoms with van der Waals surface area (Å²) in [5.74, 6) is 0.378. The molecule has 1 N–H and O–H groups in total. The van der Waals surface area contributed by atoms with Crippen LogP contribution in [0.3, 0.4) is 0 Å². The maximum atomic E-state index is 11.1. The molecular formula is C20H24N6O. The van der Waals surface area contributed by atoms with Crippen molar-refractivity contribution in [2.75, 3.05) is 19.6 Å². The maximum Gasteiger partial charge on any atom is 0.216 e. The summed E-state index contributed by atoms with van der Waals surface area (Å²) in [5.41, 5.74) is 3.31. The van der Waals surface area contributed by atoms with Gasteiger partial charge in [0.2, 0.25) is 5.91 Å². The Bertz CT molecular complexity index is 923. The Hall–Kier alpha value is -2.80. The molecule has 0 spiro atoms. The van der Waals surface area contributed by atoms with E-state index in [1.807, 2.05) is 23.1 Å². The van der Waals surface area contributed by atoms with Gasteiger partial charge in [-0.05, 0) is 42.8 Å². The third-order valence-corrected chi connectivity index (χ3v) is 5.05. The highest BCUT2D eigenvalue weighted by Gasteiger charge is 2.28. The molecule has 1 saturated heterocycles. The number of carbonyl (C=O) groups is 1. The van der Waals surface area contributed by atoms with Gasteiger partial charge in [0.1, 0.15) is 0 Å². The zero-order valence-corrected chi connectivity index (χ0v) is 15.5. The van der Waals surface area contributed by atoms with Crippen molar-refractivity contribution in [1.82, 2.24) is 30.0 Å². The van der Waals surface area contributed by atoms with E-state index in [-0.39, 0.29) is 5.91 Å². The summed E-state index contributed by atoms with van der Waals surface area (Å²) in [5, 5.41) is 8.83. The van der Waals surface area contributed by atoms with E-state index in [1.165, 1.54) is 12.5 Å². The normalized spacial score (nSPS) is 17.4. The first-order valence-electron chi connectivity index (χ1n) is 9.38. The Morgan fingerprint density at radius 1 is 1.26 bits per heavy atom. The first kappa shape index (κ1) is 17.6. The molecule has 0 unspecified atom stereocenters. The average molecular weight is 364 g/mol. The number of aromatic nitrogens is 4. The predicted molar refractivity (Wildman–Crippen MR) is 103 cm³/mol. The van der Waals surface area contributed by atoms with Crippen LogP contribution in [0.5, 0.6) is 0 Å². The number of fused-ring (bicyclic) bond motifs is 1. The standard InChI is InChI=1S/C20H24N6O/c1-15(27)22-10-12-26-20-18(3-2-7-23-20)19(24-26)17-6-11-25(14-17)13-16-4-8-21-9-5-16/h2-5,7-9,17H,6,10-14H2,1H3,(H,22,27)/t17-/m1/s1. The molecule has 140 valence electrons. The van der Waals surface area contributed by atoms with E-state index in [0.29, 0.717) is 19.0 Å². The highest BCUT2D eigenvalue weighted by Crippen LogP contribution is 2.31. The van der Waals surface area contributed by atoms with Gasteiger partial charge in [0.15, 0.2) is 5.65 Å². The van der Waals surface area contributed by atoms with Gasteiger partial charge in [0.05, 0.1) is 12.2 Å². The number of nitrogens with one attached hydrogen (secondary N) is 1. The summed E-state index contributed by atoms with van der Waals surface area (Å²) < 4.78 is 1.92. The topological polar surface area (TPSA) is 75.9 Å². The Morgan fingerprint density at radius 2 is 2.11 bits per heavy atom. The summed E-state index contributed by atoms with van der Waals surface area (Å²) >= 11 is 0. The molecule has 0 saturated carbocycles. The van der Waals surface area contributed by atoms with E-state index in [9.17, 15) is 4.79 Å². The number of pyridine rings is 2. The van der Waals surface area contributed by atoms with Crippen molar-refractivity contribution in [2.45, 2.75) is 32.4 Å². The van der Waals surface area contributed by atoms with Crippen LogP contribution >= 0.6 is 0 Å². The number of nitrogens with zero attached hydrogens (tertiary/aromatic N) is 5. The average Bonchev–Trinajstić information content (AvgIpc) is 3.27. The van der Waals surface area contributed by atoms with Crippen LogP contribution < -0.4 is 5.32 Å². The SMILES string of the molecule is CC(=O)NCCn1nc([C@@H]2CCN(Cc3ccncc3)C2)c2cccnc21. The molecule has 4 heterocycles. The smallest absolute Gasteiger partial charge is 0.216 e. The Morgan fingerprint density at radius 3 is 2.93 bits per heavy atom. The fourth-order valence-electron chi connectivity index (χ4n) is 3.78. The van der Waals surface area contributed by atoms with Crippen molar-refractivity contribution in [3.63, 3.8) is 0 Å². The molecule has 1 amide bonds. The van der Waals surface area contributed by atoms with E-state index >= 15 is 0 Å². The van der Waals surface area contributed by atoms with Crippen LogP contribution in [0.1, 0.15) is 30.5 Å². The minimum atomic E-state index is -0.0257. The van der Waals surface area contributed by atoms with Crippen molar-refractivity contribution in [3.05, 3.63) is 54.1 Å². The van der Waals surface area contributed by atoms with Crippen LogP contribution in [-0.4, -0.2) is 50.2 Å². The van der Waals surface area contributed by atoms with Crippen molar-refractivity contribution >= 4 is 16.9 Å². The second kappa shape index (κ2) is 7.84. The number of rotatable bonds is 6. The summed E-state index contributed by atoms with van der Waals surface area (Å²) in [6.45, 7) is 5.71. The molecule has 7 nitrogen and oxygen atoms in total. The lowest BCUT2D eigenvalue weighted by molar-refractivity contribution is -0.118. The first-order valence-corrected chi connectivity index (χ1v) is 9.38. The number of carbonyl (C=O) groups excluding carboxylic acids is 1. The monoisotopic (exact) mass is 364 g/mol. The molecule has 0 aromatic carbocycles. The zero-order valence-electron chi connectivity index (χ0n) is 15.5. The van der Waals surface area contributed by atoms with Gasteiger partial charge in [-0.3, -0.25) is 14.7 Å². The first-order chi connectivity index (χ1) is 13.2.